The summed E-state index contributed by atoms with van der Waals surface area (Å²) in [6, 6.07) is 6.87. The topological polar surface area (TPSA) is 88.0 Å². The number of rotatable bonds is 3. The molecular weight excluding hydrogens is 294 g/mol. The second-order valence-corrected chi connectivity index (χ2v) is 5.73. The van der Waals surface area contributed by atoms with Crippen molar-refractivity contribution in [1.29, 1.82) is 5.26 Å². The van der Waals surface area contributed by atoms with E-state index in [2.05, 4.69) is 10.00 Å². The number of anilines is 1. The van der Waals surface area contributed by atoms with E-state index in [1.54, 1.807) is 12.1 Å². The standard InChI is InChI=1S/C16H17N5O2/c1-11-14(10-18-19(11)2)16-4-3-7-20(16)13-5-6-15(21(22)23)12(8-13)9-17/h5-6,8,10,16H,3-4,7H2,1-2H3/t16-/m1/s1. The molecule has 2 aromatic rings. The van der Waals surface area contributed by atoms with Crippen molar-refractivity contribution in [2.45, 2.75) is 25.8 Å². The van der Waals surface area contributed by atoms with E-state index in [1.807, 2.05) is 30.9 Å². The predicted molar refractivity (Wildman–Crippen MR) is 85.1 cm³/mol. The highest BCUT2D eigenvalue weighted by molar-refractivity contribution is 5.61. The Labute approximate surface area is 133 Å². The van der Waals surface area contributed by atoms with Crippen LogP contribution in [0.25, 0.3) is 0 Å². The molecule has 0 bridgehead atoms. The van der Waals surface area contributed by atoms with E-state index in [0.717, 1.165) is 30.8 Å². The minimum absolute atomic E-state index is 0.0982. The average Bonchev–Trinajstić information content (AvgIpc) is 3.14. The van der Waals surface area contributed by atoms with Gasteiger partial charge in [-0.2, -0.15) is 10.4 Å². The van der Waals surface area contributed by atoms with Gasteiger partial charge in [-0.1, -0.05) is 0 Å². The van der Waals surface area contributed by atoms with Gasteiger partial charge in [0.05, 0.1) is 17.2 Å². The maximum Gasteiger partial charge on any atom is 0.287 e. The van der Waals surface area contributed by atoms with Crippen molar-refractivity contribution in [3.8, 4) is 6.07 Å². The van der Waals surface area contributed by atoms with Gasteiger partial charge < -0.3 is 4.90 Å². The molecule has 1 aromatic heterocycles. The van der Waals surface area contributed by atoms with Crippen molar-refractivity contribution in [1.82, 2.24) is 9.78 Å². The van der Waals surface area contributed by atoms with Crippen LogP contribution in [0.2, 0.25) is 0 Å². The van der Waals surface area contributed by atoms with Crippen LogP contribution >= 0.6 is 0 Å². The maximum absolute atomic E-state index is 11.0. The molecule has 7 nitrogen and oxygen atoms in total. The monoisotopic (exact) mass is 311 g/mol. The summed E-state index contributed by atoms with van der Waals surface area (Å²) in [7, 11) is 1.91. The molecule has 0 unspecified atom stereocenters. The molecule has 3 rings (SSSR count). The largest absolute Gasteiger partial charge is 0.364 e. The number of nitro benzene ring substituents is 1. The number of hydrogen-bond donors (Lipinski definition) is 0. The second kappa shape index (κ2) is 5.72. The van der Waals surface area contributed by atoms with Gasteiger partial charge in [0.2, 0.25) is 0 Å². The Kier molecular flexibility index (Phi) is 3.74. The zero-order valence-corrected chi connectivity index (χ0v) is 13.1. The molecule has 1 atom stereocenters. The molecule has 2 heterocycles. The van der Waals surface area contributed by atoms with E-state index in [1.165, 1.54) is 11.6 Å². The predicted octanol–water partition coefficient (Wildman–Crippen LogP) is 2.85. The molecule has 0 amide bonds. The van der Waals surface area contributed by atoms with E-state index >= 15 is 0 Å². The molecule has 1 aliphatic heterocycles. The molecule has 1 aromatic carbocycles. The zero-order valence-electron chi connectivity index (χ0n) is 13.1. The number of hydrogen-bond acceptors (Lipinski definition) is 5. The molecule has 0 N–H and O–H groups in total. The lowest BCUT2D eigenvalue weighted by Crippen LogP contribution is -2.23. The SMILES string of the molecule is Cc1c([C@H]2CCCN2c2ccc([N+](=O)[O-])c(C#N)c2)cnn1C. The van der Waals surface area contributed by atoms with Gasteiger partial charge in [-0.15, -0.1) is 0 Å². The van der Waals surface area contributed by atoms with Gasteiger partial charge in [-0.25, -0.2) is 0 Å². The number of benzene rings is 1. The molecule has 1 saturated heterocycles. The Morgan fingerprint density at radius 1 is 1.48 bits per heavy atom. The number of aromatic nitrogens is 2. The summed E-state index contributed by atoms with van der Waals surface area (Å²) in [5.74, 6) is 0. The highest BCUT2D eigenvalue weighted by atomic mass is 16.6. The summed E-state index contributed by atoms with van der Waals surface area (Å²) < 4.78 is 1.85. The molecular formula is C16H17N5O2. The molecule has 7 heteroatoms. The Morgan fingerprint density at radius 2 is 2.26 bits per heavy atom. The van der Waals surface area contributed by atoms with Crippen LogP contribution in [0.1, 0.15) is 35.7 Å². The van der Waals surface area contributed by atoms with Gasteiger partial charge in [0, 0.05) is 36.6 Å². The average molecular weight is 311 g/mol. The molecule has 23 heavy (non-hydrogen) atoms. The molecule has 0 saturated carbocycles. The number of aryl methyl sites for hydroxylation is 1. The quantitative estimate of drug-likeness (QED) is 0.642. The highest BCUT2D eigenvalue weighted by Crippen LogP contribution is 2.38. The maximum atomic E-state index is 11.0. The fourth-order valence-corrected chi connectivity index (χ4v) is 3.19. The Balaban J connectivity index is 1.99. The summed E-state index contributed by atoms with van der Waals surface area (Å²) in [6.45, 7) is 2.90. The molecule has 0 aliphatic carbocycles. The lowest BCUT2D eigenvalue weighted by molar-refractivity contribution is -0.385. The van der Waals surface area contributed by atoms with Crippen LogP contribution in [-0.4, -0.2) is 21.2 Å². The van der Waals surface area contributed by atoms with E-state index in [-0.39, 0.29) is 17.3 Å². The summed E-state index contributed by atoms with van der Waals surface area (Å²) in [6.07, 6.45) is 3.93. The first-order valence-corrected chi connectivity index (χ1v) is 7.46. The lowest BCUT2D eigenvalue weighted by atomic mass is 10.0. The summed E-state index contributed by atoms with van der Waals surface area (Å²) in [4.78, 5) is 12.7. The van der Waals surface area contributed by atoms with E-state index in [4.69, 9.17) is 0 Å². The van der Waals surface area contributed by atoms with Gasteiger partial charge >= 0.3 is 0 Å². The van der Waals surface area contributed by atoms with E-state index in [9.17, 15) is 15.4 Å². The van der Waals surface area contributed by atoms with Crippen LogP contribution in [0, 0.1) is 28.4 Å². The zero-order chi connectivity index (χ0) is 16.6. The van der Waals surface area contributed by atoms with Crippen molar-refractivity contribution in [3.05, 3.63) is 51.3 Å². The van der Waals surface area contributed by atoms with Gasteiger partial charge in [-0.05, 0) is 31.9 Å². The number of nitrogens with zero attached hydrogens (tertiary/aromatic N) is 5. The first-order valence-electron chi connectivity index (χ1n) is 7.46. The lowest BCUT2D eigenvalue weighted by Gasteiger charge is -2.27. The summed E-state index contributed by atoms with van der Waals surface area (Å²) >= 11 is 0. The molecule has 1 fully saturated rings. The van der Waals surface area contributed by atoms with Crippen LogP contribution < -0.4 is 4.90 Å². The smallest absolute Gasteiger partial charge is 0.287 e. The third-order valence-corrected chi connectivity index (χ3v) is 4.51. The molecule has 1 aliphatic rings. The van der Waals surface area contributed by atoms with Crippen LogP contribution in [0.5, 0.6) is 0 Å². The molecule has 0 spiro atoms. The normalized spacial score (nSPS) is 17.3. The Morgan fingerprint density at radius 3 is 2.87 bits per heavy atom. The fraction of sp³-hybridized carbons (Fsp3) is 0.375. The molecule has 0 radical (unpaired) electrons. The third-order valence-electron chi connectivity index (χ3n) is 4.51. The minimum atomic E-state index is -0.519. The van der Waals surface area contributed by atoms with Crippen LogP contribution in [-0.2, 0) is 7.05 Å². The number of nitro groups is 1. The van der Waals surface area contributed by atoms with Crippen molar-refractivity contribution in [3.63, 3.8) is 0 Å². The summed E-state index contributed by atoms with van der Waals surface area (Å²) in [5.41, 5.74) is 3.08. The number of nitriles is 1. The van der Waals surface area contributed by atoms with Crippen LogP contribution in [0.3, 0.4) is 0 Å². The van der Waals surface area contributed by atoms with E-state index < -0.39 is 4.92 Å². The van der Waals surface area contributed by atoms with Crippen molar-refractivity contribution >= 4 is 11.4 Å². The minimum Gasteiger partial charge on any atom is -0.364 e. The second-order valence-electron chi connectivity index (χ2n) is 5.73. The molecule has 118 valence electrons. The van der Waals surface area contributed by atoms with Crippen molar-refractivity contribution < 1.29 is 4.92 Å². The van der Waals surface area contributed by atoms with Crippen molar-refractivity contribution in [2.24, 2.45) is 7.05 Å². The Bertz CT molecular complexity index is 805. The first kappa shape index (κ1) is 15.0. The first-order chi connectivity index (χ1) is 11.0. The highest BCUT2D eigenvalue weighted by Gasteiger charge is 2.29. The van der Waals surface area contributed by atoms with Gasteiger partial charge in [0.15, 0.2) is 0 Å². The van der Waals surface area contributed by atoms with Gasteiger partial charge in [-0.3, -0.25) is 14.8 Å². The van der Waals surface area contributed by atoms with Crippen LogP contribution in [0.15, 0.2) is 24.4 Å². The van der Waals surface area contributed by atoms with Gasteiger partial charge in [0.1, 0.15) is 11.6 Å². The fourth-order valence-electron chi connectivity index (χ4n) is 3.19. The van der Waals surface area contributed by atoms with E-state index in [0.29, 0.717) is 0 Å². The third kappa shape index (κ3) is 2.52. The summed E-state index contributed by atoms with van der Waals surface area (Å²) in [5, 5.41) is 24.5. The van der Waals surface area contributed by atoms with Crippen molar-refractivity contribution in [2.75, 3.05) is 11.4 Å². The Hall–Kier alpha value is -2.88. The van der Waals surface area contributed by atoms with Crippen LogP contribution in [0.4, 0.5) is 11.4 Å². The van der Waals surface area contributed by atoms with Gasteiger partial charge in [0.25, 0.3) is 5.69 Å².